The lowest BCUT2D eigenvalue weighted by atomic mass is 10.0. The van der Waals surface area contributed by atoms with Crippen LogP contribution in [-0.2, 0) is 16.0 Å². The molecule has 150 valence electrons. The Bertz CT molecular complexity index is 781. The van der Waals surface area contributed by atoms with Gasteiger partial charge in [-0.1, -0.05) is 30.7 Å². The zero-order valence-corrected chi connectivity index (χ0v) is 17.5. The van der Waals surface area contributed by atoms with Crippen molar-refractivity contribution in [2.75, 3.05) is 0 Å². The molecule has 2 atom stereocenters. The van der Waals surface area contributed by atoms with Gasteiger partial charge in [-0.2, -0.15) is 0 Å². The number of ketones is 1. The fraction of sp³-hybridized carbons (Fsp3) is 0.391. The third-order valence-electron chi connectivity index (χ3n) is 4.43. The van der Waals surface area contributed by atoms with Crippen LogP contribution in [-0.4, -0.2) is 24.0 Å². The van der Waals surface area contributed by atoms with Gasteiger partial charge in [0, 0.05) is 22.9 Å². The fourth-order valence-electron chi connectivity index (χ4n) is 2.68. The lowest BCUT2D eigenvalue weighted by Gasteiger charge is -2.21. The quantitative estimate of drug-likeness (QED) is 0.410. The van der Waals surface area contributed by atoms with Gasteiger partial charge < -0.3 is 9.47 Å². The molecule has 0 fully saturated rings. The van der Waals surface area contributed by atoms with Gasteiger partial charge in [0.15, 0.2) is 5.78 Å². The topological polar surface area (TPSA) is 52.6 Å². The van der Waals surface area contributed by atoms with Crippen molar-refractivity contribution < 1.29 is 19.1 Å². The van der Waals surface area contributed by atoms with E-state index < -0.39 is 0 Å². The molecule has 28 heavy (non-hydrogen) atoms. The maximum atomic E-state index is 12.4. The summed E-state index contributed by atoms with van der Waals surface area (Å²) in [5.41, 5.74) is 1.55. The highest BCUT2D eigenvalue weighted by Gasteiger charge is 2.19. The van der Waals surface area contributed by atoms with Crippen molar-refractivity contribution in [1.29, 1.82) is 0 Å². The van der Waals surface area contributed by atoms with Gasteiger partial charge in [0.25, 0.3) is 0 Å². The number of hydrogen-bond donors (Lipinski definition) is 0. The van der Waals surface area contributed by atoms with E-state index in [4.69, 9.17) is 21.1 Å². The van der Waals surface area contributed by atoms with Crippen LogP contribution in [0.3, 0.4) is 0 Å². The summed E-state index contributed by atoms with van der Waals surface area (Å²) in [5, 5.41) is 0.651. The van der Waals surface area contributed by atoms with Crippen molar-refractivity contribution in [3.63, 3.8) is 0 Å². The van der Waals surface area contributed by atoms with Gasteiger partial charge in [0.05, 0.1) is 18.6 Å². The number of carbonyl (C=O) groups is 2. The third-order valence-corrected chi connectivity index (χ3v) is 4.69. The van der Waals surface area contributed by atoms with Crippen LogP contribution in [0.25, 0.3) is 0 Å². The Morgan fingerprint density at radius 3 is 2.11 bits per heavy atom. The fourth-order valence-corrected chi connectivity index (χ4v) is 2.81. The van der Waals surface area contributed by atoms with Crippen LogP contribution < -0.4 is 4.74 Å². The molecule has 2 rings (SSSR count). The molecule has 0 bridgehead atoms. The van der Waals surface area contributed by atoms with E-state index in [1.165, 1.54) is 0 Å². The lowest BCUT2D eigenvalue weighted by Crippen LogP contribution is -2.25. The highest BCUT2D eigenvalue weighted by atomic mass is 35.5. The predicted octanol–water partition coefficient (Wildman–Crippen LogP) is 5.51. The van der Waals surface area contributed by atoms with E-state index in [1.54, 1.807) is 36.4 Å². The van der Waals surface area contributed by atoms with Crippen LogP contribution in [0, 0.1) is 5.92 Å². The first-order valence-electron chi connectivity index (χ1n) is 9.48. The van der Waals surface area contributed by atoms with E-state index in [1.807, 2.05) is 39.8 Å². The molecule has 2 aromatic carbocycles. The minimum Gasteiger partial charge on any atom is -0.490 e. The number of hydrogen-bond acceptors (Lipinski definition) is 4. The molecule has 0 aliphatic rings. The second-order valence-corrected chi connectivity index (χ2v) is 7.73. The first-order chi connectivity index (χ1) is 13.2. The number of carbonyl (C=O) groups excluding carboxylic acids is 2. The second kappa shape index (κ2) is 10.3. The Morgan fingerprint density at radius 1 is 0.929 bits per heavy atom. The Kier molecular flexibility index (Phi) is 8.06. The monoisotopic (exact) mass is 402 g/mol. The molecule has 0 spiro atoms. The van der Waals surface area contributed by atoms with Crippen molar-refractivity contribution in [1.82, 2.24) is 0 Å². The maximum absolute atomic E-state index is 12.4. The van der Waals surface area contributed by atoms with E-state index >= 15 is 0 Å². The first kappa shape index (κ1) is 22.0. The predicted molar refractivity (Wildman–Crippen MR) is 111 cm³/mol. The summed E-state index contributed by atoms with van der Waals surface area (Å²) in [6.45, 7) is 7.54. The number of benzene rings is 2. The average molecular weight is 403 g/mol. The molecule has 0 N–H and O–H groups in total. The summed E-state index contributed by atoms with van der Waals surface area (Å²) in [5.74, 6) is 0.491. The maximum Gasteiger partial charge on any atom is 0.306 e. The summed E-state index contributed by atoms with van der Waals surface area (Å²) in [7, 11) is 0. The lowest BCUT2D eigenvalue weighted by molar-refractivity contribution is -0.149. The Hall–Kier alpha value is -2.33. The van der Waals surface area contributed by atoms with E-state index in [9.17, 15) is 9.59 Å². The van der Waals surface area contributed by atoms with Gasteiger partial charge in [-0.05, 0) is 62.7 Å². The molecule has 0 saturated heterocycles. The second-order valence-electron chi connectivity index (χ2n) is 7.29. The summed E-state index contributed by atoms with van der Waals surface area (Å²) < 4.78 is 11.1. The zero-order chi connectivity index (χ0) is 20.7. The first-order valence-corrected chi connectivity index (χ1v) is 9.86. The van der Waals surface area contributed by atoms with Gasteiger partial charge in [0.2, 0.25) is 0 Å². The number of halogens is 1. The van der Waals surface area contributed by atoms with Crippen LogP contribution >= 0.6 is 11.6 Å². The van der Waals surface area contributed by atoms with Crippen LogP contribution in [0.2, 0.25) is 5.02 Å². The molecule has 4 nitrogen and oxygen atoms in total. The molecule has 2 aromatic rings. The van der Waals surface area contributed by atoms with Crippen LogP contribution in [0.5, 0.6) is 5.75 Å². The molecule has 0 aliphatic carbocycles. The van der Waals surface area contributed by atoms with Crippen molar-refractivity contribution in [2.45, 2.75) is 52.7 Å². The van der Waals surface area contributed by atoms with E-state index in [0.29, 0.717) is 29.2 Å². The number of Topliss-reactive ketones (excluding diaryl/α,β-unsaturated/α-hetero) is 1. The number of ether oxygens (including phenoxy) is 2. The average Bonchev–Trinajstić information content (AvgIpc) is 2.63. The normalized spacial score (nSPS) is 13.1. The van der Waals surface area contributed by atoms with Crippen molar-refractivity contribution in [2.24, 2.45) is 5.92 Å². The molecule has 5 heteroatoms. The molecule has 0 amide bonds. The number of esters is 1. The van der Waals surface area contributed by atoms with Gasteiger partial charge in [-0.15, -0.1) is 0 Å². The van der Waals surface area contributed by atoms with Crippen molar-refractivity contribution in [3.8, 4) is 5.75 Å². The summed E-state index contributed by atoms with van der Waals surface area (Å²) >= 11 is 5.87. The molecule has 0 aliphatic heterocycles. The SMILES string of the molecule is CC(C)OC(=O)CC(C)C(C)Oc1ccc(C(=O)Cc2ccc(Cl)cc2)cc1. The molecule has 0 heterocycles. The molecular formula is C23H27ClO4. The van der Waals surface area contributed by atoms with Crippen molar-refractivity contribution in [3.05, 3.63) is 64.7 Å². The Balaban J connectivity index is 1.89. The van der Waals surface area contributed by atoms with E-state index in [-0.39, 0.29) is 29.9 Å². The highest BCUT2D eigenvalue weighted by Crippen LogP contribution is 2.20. The van der Waals surface area contributed by atoms with E-state index in [2.05, 4.69) is 0 Å². The zero-order valence-electron chi connectivity index (χ0n) is 16.8. The molecule has 0 radical (unpaired) electrons. The van der Waals surface area contributed by atoms with Gasteiger partial charge in [-0.3, -0.25) is 9.59 Å². The molecular weight excluding hydrogens is 376 g/mol. The third kappa shape index (κ3) is 7.01. The minimum absolute atomic E-state index is 0.0115. The van der Waals surface area contributed by atoms with Crippen molar-refractivity contribution >= 4 is 23.4 Å². The Morgan fingerprint density at radius 2 is 1.54 bits per heavy atom. The minimum atomic E-state index is -0.221. The van der Waals surface area contributed by atoms with E-state index in [0.717, 1.165) is 5.56 Å². The summed E-state index contributed by atoms with van der Waals surface area (Å²) in [4.78, 5) is 24.2. The van der Waals surface area contributed by atoms with Gasteiger partial charge in [0.1, 0.15) is 5.75 Å². The largest absolute Gasteiger partial charge is 0.490 e. The summed E-state index contributed by atoms with van der Waals surface area (Å²) in [6, 6.07) is 14.4. The van der Waals surface area contributed by atoms with Gasteiger partial charge >= 0.3 is 5.97 Å². The summed E-state index contributed by atoms with van der Waals surface area (Å²) in [6.07, 6.45) is 0.351. The molecule has 2 unspecified atom stereocenters. The Labute approximate surface area is 171 Å². The van der Waals surface area contributed by atoms with Gasteiger partial charge in [-0.25, -0.2) is 0 Å². The molecule has 0 aromatic heterocycles. The van der Waals surface area contributed by atoms with Crippen LogP contribution in [0.15, 0.2) is 48.5 Å². The highest BCUT2D eigenvalue weighted by molar-refractivity contribution is 6.30. The van der Waals surface area contributed by atoms with Crippen LogP contribution in [0.1, 0.15) is 50.0 Å². The molecule has 0 saturated carbocycles. The van der Waals surface area contributed by atoms with Crippen LogP contribution in [0.4, 0.5) is 0 Å². The smallest absolute Gasteiger partial charge is 0.306 e. The number of rotatable bonds is 9. The standard InChI is InChI=1S/C23H27ClO4/c1-15(2)27-23(26)13-16(3)17(4)28-21-11-7-19(8-12-21)22(25)14-18-5-9-20(24)10-6-18/h5-12,15-17H,13-14H2,1-4H3.